The predicted octanol–water partition coefficient (Wildman–Crippen LogP) is 2.11. The number of carbonyl (C=O) groups is 2. The molecule has 0 N–H and O–H groups in total. The van der Waals surface area contributed by atoms with Crippen LogP contribution in [-0.2, 0) is 4.79 Å². The van der Waals surface area contributed by atoms with E-state index in [4.69, 9.17) is 4.74 Å². The Morgan fingerprint density at radius 3 is 2.57 bits per heavy atom. The number of urea groups is 1. The van der Waals surface area contributed by atoms with Crippen LogP contribution in [0.4, 0.5) is 4.79 Å². The molecule has 21 heavy (non-hydrogen) atoms. The molecule has 1 atom stereocenters. The fourth-order valence-electron chi connectivity index (χ4n) is 3.16. The third-order valence-corrected chi connectivity index (χ3v) is 4.06. The summed E-state index contributed by atoms with van der Waals surface area (Å²) >= 11 is 0. The van der Waals surface area contributed by atoms with Crippen LogP contribution in [0.3, 0.4) is 0 Å². The van der Waals surface area contributed by atoms with E-state index in [0.717, 1.165) is 29.7 Å². The minimum Gasteiger partial charge on any atom is -0.492 e. The van der Waals surface area contributed by atoms with Gasteiger partial charge in [-0.3, -0.25) is 9.69 Å². The fraction of sp³-hybridized carbons (Fsp3) is 0.500. The molecule has 0 bridgehead atoms. The third-order valence-electron chi connectivity index (χ3n) is 4.06. The first-order valence-electron chi connectivity index (χ1n) is 7.39. The topological polar surface area (TPSA) is 49.9 Å². The van der Waals surface area contributed by atoms with Crippen LogP contribution in [-0.4, -0.2) is 47.5 Å². The van der Waals surface area contributed by atoms with Crippen molar-refractivity contribution in [1.29, 1.82) is 0 Å². The highest BCUT2D eigenvalue weighted by Crippen LogP contribution is 2.27. The van der Waals surface area contributed by atoms with Crippen LogP contribution in [0.2, 0.25) is 0 Å². The predicted molar refractivity (Wildman–Crippen MR) is 78.2 cm³/mol. The highest BCUT2D eigenvalue weighted by atomic mass is 16.5. The zero-order chi connectivity index (χ0) is 15.0. The largest absolute Gasteiger partial charge is 0.492 e. The standard InChI is InChI=1S/C16H20N2O3/c1-11-8-12(2)10-13(9-11)21-7-6-18-15(19)14-4-3-5-17(14)16(18)20/h8-10,14H,3-7H2,1-2H3. The number of imide groups is 1. The van der Waals surface area contributed by atoms with Gasteiger partial charge in [-0.15, -0.1) is 0 Å². The van der Waals surface area contributed by atoms with Gasteiger partial charge in [-0.2, -0.15) is 0 Å². The SMILES string of the molecule is Cc1cc(C)cc(OCCN2C(=O)C3CCCN3C2=O)c1. The smallest absolute Gasteiger partial charge is 0.327 e. The van der Waals surface area contributed by atoms with Gasteiger partial charge in [-0.25, -0.2) is 4.79 Å². The highest BCUT2D eigenvalue weighted by Gasteiger charge is 2.46. The molecule has 0 spiro atoms. The Labute approximate surface area is 124 Å². The van der Waals surface area contributed by atoms with Gasteiger partial charge in [0.15, 0.2) is 0 Å². The lowest BCUT2D eigenvalue weighted by Gasteiger charge is -2.16. The number of nitrogens with zero attached hydrogens (tertiary/aromatic N) is 2. The van der Waals surface area contributed by atoms with E-state index in [1.54, 1.807) is 4.90 Å². The molecule has 1 aromatic carbocycles. The Hall–Kier alpha value is -2.04. The molecule has 2 fully saturated rings. The molecule has 3 rings (SSSR count). The summed E-state index contributed by atoms with van der Waals surface area (Å²) in [5.41, 5.74) is 2.28. The lowest BCUT2D eigenvalue weighted by molar-refractivity contribution is -0.128. The molecule has 2 aliphatic heterocycles. The monoisotopic (exact) mass is 288 g/mol. The van der Waals surface area contributed by atoms with Crippen LogP contribution in [0.1, 0.15) is 24.0 Å². The van der Waals surface area contributed by atoms with Gasteiger partial charge in [0.25, 0.3) is 5.91 Å². The summed E-state index contributed by atoms with van der Waals surface area (Å²) in [6.07, 6.45) is 1.72. The first-order chi connectivity index (χ1) is 10.1. The Kier molecular flexibility index (Phi) is 3.57. The van der Waals surface area contributed by atoms with Crippen molar-refractivity contribution in [2.45, 2.75) is 32.7 Å². The van der Waals surface area contributed by atoms with Crippen LogP contribution in [0.15, 0.2) is 18.2 Å². The van der Waals surface area contributed by atoms with E-state index < -0.39 is 0 Å². The Bertz CT molecular complexity index is 543. The third kappa shape index (κ3) is 2.60. The summed E-state index contributed by atoms with van der Waals surface area (Å²) in [5.74, 6) is 0.716. The van der Waals surface area contributed by atoms with Crippen LogP contribution < -0.4 is 4.74 Å². The maximum Gasteiger partial charge on any atom is 0.327 e. The van der Waals surface area contributed by atoms with E-state index in [1.165, 1.54) is 4.90 Å². The molecule has 5 nitrogen and oxygen atoms in total. The second-order valence-electron chi connectivity index (χ2n) is 5.80. The second kappa shape index (κ2) is 5.39. The molecule has 5 heteroatoms. The lowest BCUT2D eigenvalue weighted by Crippen LogP contribution is -2.36. The van der Waals surface area contributed by atoms with Crippen molar-refractivity contribution < 1.29 is 14.3 Å². The quantitative estimate of drug-likeness (QED) is 0.797. The van der Waals surface area contributed by atoms with Crippen molar-refractivity contribution in [2.24, 2.45) is 0 Å². The van der Waals surface area contributed by atoms with Crippen molar-refractivity contribution in [3.8, 4) is 5.75 Å². The van der Waals surface area contributed by atoms with E-state index in [0.29, 0.717) is 19.7 Å². The van der Waals surface area contributed by atoms with E-state index in [-0.39, 0.29) is 18.0 Å². The van der Waals surface area contributed by atoms with Gasteiger partial charge in [-0.05, 0) is 49.9 Å². The van der Waals surface area contributed by atoms with Gasteiger partial charge < -0.3 is 9.64 Å². The van der Waals surface area contributed by atoms with Gasteiger partial charge >= 0.3 is 6.03 Å². The van der Waals surface area contributed by atoms with Gasteiger partial charge in [0.05, 0.1) is 6.54 Å². The molecular formula is C16H20N2O3. The average Bonchev–Trinajstić information content (AvgIpc) is 2.97. The van der Waals surface area contributed by atoms with E-state index in [9.17, 15) is 9.59 Å². The number of fused-ring (bicyclic) bond motifs is 1. The Morgan fingerprint density at radius 1 is 1.19 bits per heavy atom. The summed E-state index contributed by atoms with van der Waals surface area (Å²) in [4.78, 5) is 27.3. The van der Waals surface area contributed by atoms with Crippen LogP contribution in [0.5, 0.6) is 5.75 Å². The number of rotatable bonds is 4. The normalized spacial score (nSPS) is 21.1. The van der Waals surface area contributed by atoms with Crippen LogP contribution in [0.25, 0.3) is 0 Å². The molecule has 3 amide bonds. The van der Waals surface area contributed by atoms with Crippen LogP contribution >= 0.6 is 0 Å². The highest BCUT2D eigenvalue weighted by molar-refractivity contribution is 6.04. The maximum absolute atomic E-state index is 12.2. The summed E-state index contributed by atoms with van der Waals surface area (Å²) < 4.78 is 5.68. The van der Waals surface area contributed by atoms with Crippen molar-refractivity contribution >= 4 is 11.9 Å². The molecule has 0 aromatic heterocycles. The van der Waals surface area contributed by atoms with Gasteiger partial charge in [-0.1, -0.05) is 6.07 Å². The number of hydrogen-bond acceptors (Lipinski definition) is 3. The van der Waals surface area contributed by atoms with Gasteiger partial charge in [0.2, 0.25) is 0 Å². The summed E-state index contributed by atoms with van der Waals surface area (Å²) in [7, 11) is 0. The molecular weight excluding hydrogens is 268 g/mol. The molecule has 0 radical (unpaired) electrons. The second-order valence-corrected chi connectivity index (χ2v) is 5.80. The van der Waals surface area contributed by atoms with E-state index in [2.05, 4.69) is 6.07 Å². The molecule has 112 valence electrons. The van der Waals surface area contributed by atoms with Crippen molar-refractivity contribution in [3.05, 3.63) is 29.3 Å². The maximum atomic E-state index is 12.2. The first kappa shape index (κ1) is 13.9. The summed E-state index contributed by atoms with van der Waals surface area (Å²) in [6, 6.07) is 5.61. The van der Waals surface area contributed by atoms with Crippen LogP contribution in [0, 0.1) is 13.8 Å². The number of ether oxygens (including phenoxy) is 1. The molecule has 1 aromatic rings. The molecule has 2 aliphatic rings. The fourth-order valence-corrected chi connectivity index (χ4v) is 3.16. The van der Waals surface area contributed by atoms with Gasteiger partial charge in [0, 0.05) is 6.54 Å². The number of carbonyl (C=O) groups excluding carboxylic acids is 2. The zero-order valence-electron chi connectivity index (χ0n) is 12.5. The number of amides is 3. The summed E-state index contributed by atoms with van der Waals surface area (Å²) in [6.45, 7) is 5.38. The van der Waals surface area contributed by atoms with Crippen molar-refractivity contribution in [2.75, 3.05) is 19.7 Å². The number of benzene rings is 1. The lowest BCUT2D eigenvalue weighted by atomic mass is 10.1. The molecule has 2 saturated heterocycles. The minimum atomic E-state index is -0.223. The zero-order valence-corrected chi connectivity index (χ0v) is 12.5. The number of aryl methyl sites for hydroxylation is 2. The summed E-state index contributed by atoms with van der Waals surface area (Å²) in [5, 5.41) is 0. The Morgan fingerprint density at radius 2 is 1.90 bits per heavy atom. The van der Waals surface area contributed by atoms with Gasteiger partial charge in [0.1, 0.15) is 18.4 Å². The van der Waals surface area contributed by atoms with Crippen molar-refractivity contribution in [3.63, 3.8) is 0 Å². The molecule has 0 saturated carbocycles. The number of hydrogen-bond donors (Lipinski definition) is 0. The van der Waals surface area contributed by atoms with E-state index >= 15 is 0 Å². The average molecular weight is 288 g/mol. The first-order valence-corrected chi connectivity index (χ1v) is 7.39. The minimum absolute atomic E-state index is 0.0680. The van der Waals surface area contributed by atoms with E-state index in [1.807, 2.05) is 26.0 Å². The molecule has 1 unspecified atom stereocenters. The Balaban J connectivity index is 1.58. The van der Waals surface area contributed by atoms with Crippen molar-refractivity contribution in [1.82, 2.24) is 9.80 Å². The molecule has 2 heterocycles. The molecule has 0 aliphatic carbocycles.